The summed E-state index contributed by atoms with van der Waals surface area (Å²) in [6.45, 7) is 2.19. The Morgan fingerprint density at radius 3 is 2.56 bits per heavy atom. The first-order valence-electron chi connectivity index (χ1n) is 3.35. The van der Waals surface area contributed by atoms with Crippen molar-refractivity contribution in [1.29, 1.82) is 0 Å². The molecule has 0 radical (unpaired) electrons. The Morgan fingerprint density at radius 1 is 1.56 bits per heavy atom. The van der Waals surface area contributed by atoms with Crippen molar-refractivity contribution in [2.24, 2.45) is 0 Å². The highest BCUT2D eigenvalue weighted by atomic mass is 16.5. The maximum absolute atomic E-state index is 8.72. The van der Waals surface area contributed by atoms with E-state index in [0.29, 0.717) is 18.2 Å². The minimum Gasteiger partial charge on any atom is -0.394 e. The molecular formula is C6H11NO2. The van der Waals surface area contributed by atoms with Crippen LogP contribution in [0.1, 0.15) is 6.92 Å². The fourth-order valence-electron chi connectivity index (χ4n) is 1.53. The number of fused-ring (bicyclic) bond motifs is 1. The zero-order chi connectivity index (χ0) is 6.43. The largest absolute Gasteiger partial charge is 0.394 e. The fraction of sp³-hybridized carbons (Fsp3) is 1.00. The van der Waals surface area contributed by atoms with Gasteiger partial charge in [-0.05, 0) is 6.92 Å². The van der Waals surface area contributed by atoms with Crippen molar-refractivity contribution in [1.82, 2.24) is 5.32 Å². The third-order valence-corrected chi connectivity index (χ3v) is 2.14. The lowest BCUT2D eigenvalue weighted by atomic mass is 10.2. The van der Waals surface area contributed by atoms with E-state index >= 15 is 0 Å². The van der Waals surface area contributed by atoms with Crippen LogP contribution in [0.25, 0.3) is 0 Å². The monoisotopic (exact) mass is 129 g/mol. The molecule has 0 aromatic rings. The van der Waals surface area contributed by atoms with Crippen molar-refractivity contribution in [3.63, 3.8) is 0 Å². The average Bonchev–Trinajstić information content (AvgIpc) is 2.56. The topological polar surface area (TPSA) is 51.4 Å². The van der Waals surface area contributed by atoms with Gasteiger partial charge in [-0.2, -0.15) is 0 Å². The summed E-state index contributed by atoms with van der Waals surface area (Å²) in [5, 5.41) is 11.9. The normalized spacial score (nSPS) is 55.3. The molecule has 0 spiro atoms. The van der Waals surface area contributed by atoms with Gasteiger partial charge in [-0.25, -0.2) is 0 Å². The van der Waals surface area contributed by atoms with Gasteiger partial charge in [-0.1, -0.05) is 0 Å². The molecule has 0 bridgehead atoms. The first-order chi connectivity index (χ1) is 4.33. The molecule has 2 N–H and O–H groups in total. The number of hydrogen-bond acceptors (Lipinski definition) is 3. The maximum atomic E-state index is 8.72. The van der Waals surface area contributed by atoms with Crippen molar-refractivity contribution in [2.45, 2.75) is 31.2 Å². The molecule has 3 heteroatoms. The van der Waals surface area contributed by atoms with Gasteiger partial charge in [0.15, 0.2) is 0 Å². The number of morpholine rings is 1. The maximum Gasteiger partial charge on any atom is 0.0978 e. The predicted octanol–water partition coefficient (Wildman–Crippen LogP) is -0.894. The SMILES string of the molecule is C[C@@H]1O[C@H](CO)C2NC21. The quantitative estimate of drug-likeness (QED) is 0.451. The van der Waals surface area contributed by atoms with Crippen LogP contribution in [0.15, 0.2) is 0 Å². The number of ether oxygens (including phenoxy) is 1. The van der Waals surface area contributed by atoms with Crippen LogP contribution in [0.2, 0.25) is 0 Å². The third-order valence-electron chi connectivity index (χ3n) is 2.14. The predicted molar refractivity (Wildman–Crippen MR) is 32.1 cm³/mol. The Labute approximate surface area is 54.0 Å². The molecule has 2 fully saturated rings. The summed E-state index contributed by atoms with van der Waals surface area (Å²) in [4.78, 5) is 0. The molecule has 2 aliphatic heterocycles. The molecule has 2 rings (SSSR count). The number of rotatable bonds is 1. The minimum atomic E-state index is 0.0602. The zero-order valence-electron chi connectivity index (χ0n) is 5.37. The van der Waals surface area contributed by atoms with Crippen molar-refractivity contribution in [3.8, 4) is 0 Å². The van der Waals surface area contributed by atoms with E-state index in [1.165, 1.54) is 0 Å². The number of aliphatic hydroxyl groups is 1. The van der Waals surface area contributed by atoms with E-state index in [0.717, 1.165) is 0 Å². The molecule has 4 atom stereocenters. The first-order valence-corrected chi connectivity index (χ1v) is 3.35. The molecule has 2 heterocycles. The molecular weight excluding hydrogens is 118 g/mol. The van der Waals surface area contributed by atoms with Crippen LogP contribution in [0.5, 0.6) is 0 Å². The van der Waals surface area contributed by atoms with Gasteiger partial charge in [-0.3, -0.25) is 0 Å². The van der Waals surface area contributed by atoms with Gasteiger partial charge in [-0.15, -0.1) is 0 Å². The van der Waals surface area contributed by atoms with Crippen molar-refractivity contribution < 1.29 is 9.84 Å². The molecule has 0 saturated carbocycles. The molecule has 2 unspecified atom stereocenters. The van der Waals surface area contributed by atoms with Gasteiger partial charge in [0.25, 0.3) is 0 Å². The zero-order valence-corrected chi connectivity index (χ0v) is 5.37. The minimum absolute atomic E-state index is 0.0602. The van der Waals surface area contributed by atoms with E-state index in [2.05, 4.69) is 5.32 Å². The summed E-state index contributed by atoms with van der Waals surface area (Å²) in [7, 11) is 0. The van der Waals surface area contributed by atoms with Crippen LogP contribution < -0.4 is 5.32 Å². The molecule has 0 aliphatic carbocycles. The lowest BCUT2D eigenvalue weighted by Crippen LogP contribution is -2.25. The van der Waals surface area contributed by atoms with Gasteiger partial charge in [0.05, 0.1) is 30.9 Å². The summed E-state index contributed by atoms with van der Waals surface area (Å²) >= 11 is 0. The molecule has 0 amide bonds. The van der Waals surface area contributed by atoms with E-state index in [1.54, 1.807) is 0 Å². The summed E-state index contributed by atoms with van der Waals surface area (Å²) in [6.07, 6.45) is 0.358. The van der Waals surface area contributed by atoms with Crippen LogP contribution >= 0.6 is 0 Å². The van der Waals surface area contributed by atoms with Gasteiger partial charge in [0.2, 0.25) is 0 Å². The fourth-order valence-corrected chi connectivity index (χ4v) is 1.53. The van der Waals surface area contributed by atoms with Gasteiger partial charge in [0.1, 0.15) is 0 Å². The van der Waals surface area contributed by atoms with Crippen LogP contribution in [0, 0.1) is 0 Å². The number of nitrogens with one attached hydrogen (secondary N) is 1. The van der Waals surface area contributed by atoms with Crippen molar-refractivity contribution >= 4 is 0 Å². The molecule has 2 saturated heterocycles. The second kappa shape index (κ2) is 1.68. The average molecular weight is 129 g/mol. The number of aliphatic hydroxyl groups excluding tert-OH is 1. The van der Waals surface area contributed by atoms with Crippen LogP contribution in [0.3, 0.4) is 0 Å². The molecule has 9 heavy (non-hydrogen) atoms. The van der Waals surface area contributed by atoms with Crippen LogP contribution in [-0.2, 0) is 4.74 Å². The Balaban J connectivity index is 2.00. The molecule has 52 valence electrons. The van der Waals surface area contributed by atoms with E-state index < -0.39 is 0 Å². The highest BCUT2D eigenvalue weighted by Crippen LogP contribution is 2.30. The lowest BCUT2D eigenvalue weighted by molar-refractivity contribution is 0.000111. The standard InChI is InChI=1S/C6H11NO2/c1-3-5-6(7-5)4(2-8)9-3/h3-8H,2H2,1H3/t3-,4+,5?,6?/m0/s1. The van der Waals surface area contributed by atoms with Gasteiger partial charge >= 0.3 is 0 Å². The highest BCUT2D eigenvalue weighted by Gasteiger charge is 2.53. The third kappa shape index (κ3) is 0.689. The van der Waals surface area contributed by atoms with Crippen molar-refractivity contribution in [3.05, 3.63) is 0 Å². The molecule has 0 aromatic carbocycles. The number of hydrogen-bond donors (Lipinski definition) is 2. The smallest absolute Gasteiger partial charge is 0.0978 e. The Kier molecular flexibility index (Phi) is 1.06. The van der Waals surface area contributed by atoms with Crippen molar-refractivity contribution in [2.75, 3.05) is 6.61 Å². The molecule has 3 nitrogen and oxygen atoms in total. The van der Waals surface area contributed by atoms with E-state index in [1.807, 2.05) is 6.92 Å². The summed E-state index contributed by atoms with van der Waals surface area (Å²) in [5.74, 6) is 0. The van der Waals surface area contributed by atoms with Crippen LogP contribution in [0.4, 0.5) is 0 Å². The summed E-state index contributed by atoms with van der Waals surface area (Å²) in [5.41, 5.74) is 0. The lowest BCUT2D eigenvalue weighted by Gasteiger charge is -2.11. The summed E-state index contributed by atoms with van der Waals surface area (Å²) in [6, 6.07) is 0.979. The van der Waals surface area contributed by atoms with E-state index in [9.17, 15) is 0 Å². The summed E-state index contributed by atoms with van der Waals surface area (Å²) < 4.78 is 5.36. The van der Waals surface area contributed by atoms with Crippen LogP contribution in [-0.4, -0.2) is 36.0 Å². The van der Waals surface area contributed by atoms with E-state index in [4.69, 9.17) is 9.84 Å². The molecule has 0 aromatic heterocycles. The van der Waals surface area contributed by atoms with E-state index in [-0.39, 0.29) is 12.7 Å². The van der Waals surface area contributed by atoms with Gasteiger partial charge < -0.3 is 15.2 Å². The molecule has 2 aliphatic rings. The Bertz CT molecular complexity index is 128. The second-order valence-corrected chi connectivity index (χ2v) is 2.78. The second-order valence-electron chi connectivity index (χ2n) is 2.78. The first kappa shape index (κ1) is 5.65. The van der Waals surface area contributed by atoms with Gasteiger partial charge in [0, 0.05) is 0 Å². The Hall–Kier alpha value is -0.120. The highest BCUT2D eigenvalue weighted by molar-refractivity contribution is 5.11. The Morgan fingerprint density at radius 2 is 2.33 bits per heavy atom.